The Hall–Kier alpha value is -0.870. The van der Waals surface area contributed by atoms with Crippen LogP contribution in [0.3, 0.4) is 0 Å². The average Bonchev–Trinajstić information content (AvgIpc) is 2.32. The van der Waals surface area contributed by atoms with Crippen molar-refractivity contribution in [2.24, 2.45) is 5.92 Å². The number of nitrogens with one attached hydrogen (secondary N) is 1. The van der Waals surface area contributed by atoms with Gasteiger partial charge in [-0.15, -0.1) is 0 Å². The second-order valence-corrected chi connectivity index (χ2v) is 8.13. The van der Waals surface area contributed by atoms with Gasteiger partial charge in [-0.3, -0.25) is 0 Å². The van der Waals surface area contributed by atoms with Crippen molar-refractivity contribution in [1.29, 1.82) is 0 Å². The summed E-state index contributed by atoms with van der Waals surface area (Å²) in [5, 5.41) is 3.34. The minimum absolute atomic E-state index is 0.114. The molecule has 0 saturated carbocycles. The lowest BCUT2D eigenvalue weighted by Gasteiger charge is -2.19. The Morgan fingerprint density at radius 1 is 1.25 bits per heavy atom. The fourth-order valence-corrected chi connectivity index (χ4v) is 3.22. The van der Waals surface area contributed by atoms with Gasteiger partial charge in [-0.05, 0) is 36.4 Å². The van der Waals surface area contributed by atoms with Crippen molar-refractivity contribution in [3.8, 4) is 0 Å². The Morgan fingerprint density at radius 2 is 1.95 bits per heavy atom. The zero-order chi connectivity index (χ0) is 15.2. The fourth-order valence-electron chi connectivity index (χ4n) is 2.30. The highest BCUT2D eigenvalue weighted by Crippen LogP contribution is 2.18. The van der Waals surface area contributed by atoms with Crippen molar-refractivity contribution in [2.45, 2.75) is 39.7 Å². The van der Waals surface area contributed by atoms with Crippen molar-refractivity contribution < 1.29 is 8.42 Å². The molecule has 0 radical (unpaired) electrons. The van der Waals surface area contributed by atoms with Crippen LogP contribution in [-0.4, -0.2) is 27.0 Å². The summed E-state index contributed by atoms with van der Waals surface area (Å²) in [4.78, 5) is 0. The maximum atomic E-state index is 11.6. The molecule has 1 aromatic rings. The first kappa shape index (κ1) is 17.2. The minimum Gasteiger partial charge on any atom is -0.309 e. The lowest BCUT2D eigenvalue weighted by atomic mass is 9.98. The molecule has 0 aliphatic carbocycles. The molecular weight excluding hydrogens is 270 g/mol. The summed E-state index contributed by atoms with van der Waals surface area (Å²) in [6, 6.07) is 8.18. The molecule has 0 aromatic heterocycles. The van der Waals surface area contributed by atoms with Gasteiger partial charge in [0, 0.05) is 12.3 Å². The molecule has 4 heteroatoms. The van der Waals surface area contributed by atoms with Crippen LogP contribution >= 0.6 is 0 Å². The Morgan fingerprint density at radius 3 is 2.50 bits per heavy atom. The molecule has 0 bridgehead atoms. The molecular formula is C16H27NO2S. The van der Waals surface area contributed by atoms with Gasteiger partial charge < -0.3 is 5.32 Å². The van der Waals surface area contributed by atoms with E-state index in [1.165, 1.54) is 11.8 Å². The summed E-state index contributed by atoms with van der Waals surface area (Å²) in [5.41, 5.74) is 2.34. The topological polar surface area (TPSA) is 46.2 Å². The molecule has 0 spiro atoms. The summed E-state index contributed by atoms with van der Waals surface area (Å²) < 4.78 is 23.2. The Kier molecular flexibility index (Phi) is 6.69. The largest absolute Gasteiger partial charge is 0.309 e. The first-order valence-electron chi connectivity index (χ1n) is 7.31. The predicted molar refractivity (Wildman–Crippen MR) is 85.7 cm³/mol. The van der Waals surface area contributed by atoms with E-state index in [4.69, 9.17) is 0 Å². The lowest BCUT2D eigenvalue weighted by Crippen LogP contribution is -2.28. The van der Waals surface area contributed by atoms with Gasteiger partial charge in [0.15, 0.2) is 0 Å². The van der Waals surface area contributed by atoms with E-state index in [2.05, 4.69) is 38.2 Å². The quantitative estimate of drug-likeness (QED) is 0.802. The van der Waals surface area contributed by atoms with Crippen LogP contribution in [0.4, 0.5) is 0 Å². The van der Waals surface area contributed by atoms with Crippen LogP contribution in [0.15, 0.2) is 24.3 Å². The zero-order valence-electron chi connectivity index (χ0n) is 13.0. The van der Waals surface area contributed by atoms with E-state index >= 15 is 0 Å². The smallest absolute Gasteiger partial charge is 0.149 e. The van der Waals surface area contributed by atoms with Gasteiger partial charge in [-0.1, -0.05) is 45.0 Å². The summed E-state index contributed by atoms with van der Waals surface area (Å²) >= 11 is 0. The fraction of sp³-hybridized carbons (Fsp3) is 0.625. The molecule has 1 aromatic carbocycles. The van der Waals surface area contributed by atoms with Crippen molar-refractivity contribution in [3.63, 3.8) is 0 Å². The molecule has 20 heavy (non-hydrogen) atoms. The Balaban J connectivity index is 2.94. The Bertz CT molecular complexity index is 509. The van der Waals surface area contributed by atoms with Gasteiger partial charge in [-0.25, -0.2) is 8.42 Å². The number of hydrogen-bond acceptors (Lipinski definition) is 3. The van der Waals surface area contributed by atoms with Gasteiger partial charge in [0.25, 0.3) is 0 Å². The van der Waals surface area contributed by atoms with E-state index in [0.717, 1.165) is 24.9 Å². The number of rotatable bonds is 8. The molecule has 1 atom stereocenters. The summed E-state index contributed by atoms with van der Waals surface area (Å²) in [7, 11) is -3.00. The van der Waals surface area contributed by atoms with Crippen LogP contribution < -0.4 is 5.32 Å². The molecule has 0 heterocycles. The number of sulfone groups is 1. The van der Waals surface area contributed by atoms with E-state index in [9.17, 15) is 8.42 Å². The molecule has 0 saturated heterocycles. The highest BCUT2D eigenvalue weighted by molar-refractivity contribution is 7.90. The molecule has 1 rings (SSSR count). The number of hydrogen-bond donors (Lipinski definition) is 1. The van der Waals surface area contributed by atoms with Crippen LogP contribution in [0.2, 0.25) is 0 Å². The van der Waals surface area contributed by atoms with Crippen LogP contribution in [-0.2, 0) is 16.3 Å². The van der Waals surface area contributed by atoms with Crippen molar-refractivity contribution in [2.75, 3.05) is 18.6 Å². The van der Waals surface area contributed by atoms with Crippen molar-refractivity contribution in [3.05, 3.63) is 35.4 Å². The molecule has 0 aliphatic rings. The second-order valence-electron chi connectivity index (χ2n) is 5.94. The molecule has 1 N–H and O–H groups in total. The van der Waals surface area contributed by atoms with Crippen LogP contribution in [0.25, 0.3) is 0 Å². The van der Waals surface area contributed by atoms with Crippen LogP contribution in [0.5, 0.6) is 0 Å². The summed E-state index contributed by atoms with van der Waals surface area (Å²) in [6.07, 6.45) is 3.31. The SMILES string of the molecule is CCCNC(CS(C)(=O)=O)c1cccc(CC(C)C)c1. The van der Waals surface area contributed by atoms with Crippen LogP contribution in [0.1, 0.15) is 44.4 Å². The minimum atomic E-state index is -3.00. The lowest BCUT2D eigenvalue weighted by molar-refractivity contribution is 0.548. The molecule has 114 valence electrons. The van der Waals surface area contributed by atoms with E-state index in [1.807, 2.05) is 12.1 Å². The summed E-state index contributed by atoms with van der Waals surface area (Å²) in [5.74, 6) is 0.750. The summed E-state index contributed by atoms with van der Waals surface area (Å²) in [6.45, 7) is 7.29. The van der Waals surface area contributed by atoms with Crippen molar-refractivity contribution >= 4 is 9.84 Å². The third-order valence-corrected chi connectivity index (χ3v) is 4.05. The third kappa shape index (κ3) is 6.53. The van der Waals surface area contributed by atoms with Crippen LogP contribution in [0, 0.1) is 5.92 Å². The molecule has 0 aliphatic heterocycles. The van der Waals surface area contributed by atoms with E-state index < -0.39 is 9.84 Å². The molecule has 0 amide bonds. The second kappa shape index (κ2) is 7.79. The third-order valence-electron chi connectivity index (χ3n) is 3.11. The molecule has 1 unspecified atom stereocenters. The van der Waals surface area contributed by atoms with Gasteiger partial charge in [-0.2, -0.15) is 0 Å². The maximum Gasteiger partial charge on any atom is 0.149 e. The average molecular weight is 297 g/mol. The maximum absolute atomic E-state index is 11.6. The molecule has 3 nitrogen and oxygen atoms in total. The first-order chi connectivity index (χ1) is 9.31. The highest BCUT2D eigenvalue weighted by Gasteiger charge is 2.17. The van der Waals surface area contributed by atoms with E-state index in [0.29, 0.717) is 5.92 Å². The van der Waals surface area contributed by atoms with Crippen molar-refractivity contribution in [1.82, 2.24) is 5.32 Å². The van der Waals surface area contributed by atoms with Gasteiger partial charge >= 0.3 is 0 Å². The Labute approximate surface area is 123 Å². The standard InChI is InChI=1S/C16H27NO2S/c1-5-9-17-16(12-20(4,18)19)15-8-6-7-14(11-15)10-13(2)3/h6-8,11,13,16-17H,5,9-10,12H2,1-4H3. The van der Waals surface area contributed by atoms with Gasteiger partial charge in [0.05, 0.1) is 5.75 Å². The van der Waals surface area contributed by atoms with Gasteiger partial charge in [0.1, 0.15) is 9.84 Å². The normalized spacial score (nSPS) is 13.7. The van der Waals surface area contributed by atoms with E-state index in [1.54, 1.807) is 0 Å². The van der Waals surface area contributed by atoms with Gasteiger partial charge in [0.2, 0.25) is 0 Å². The first-order valence-corrected chi connectivity index (χ1v) is 9.37. The predicted octanol–water partition coefficient (Wildman–Crippen LogP) is 2.97. The van der Waals surface area contributed by atoms with E-state index in [-0.39, 0.29) is 11.8 Å². The molecule has 0 fully saturated rings. The monoisotopic (exact) mass is 297 g/mol. The highest BCUT2D eigenvalue weighted by atomic mass is 32.2. The zero-order valence-corrected chi connectivity index (χ0v) is 13.8. The number of benzene rings is 1.